The van der Waals surface area contributed by atoms with Crippen LogP contribution in [0.5, 0.6) is 0 Å². The van der Waals surface area contributed by atoms with Crippen LogP contribution in [-0.4, -0.2) is 24.5 Å². The van der Waals surface area contributed by atoms with E-state index in [1.54, 1.807) is 6.07 Å². The molecular weight excluding hydrogens is 227 g/mol. The van der Waals surface area contributed by atoms with E-state index < -0.39 is 0 Å². The number of nitrogens with zero attached hydrogens (tertiary/aromatic N) is 1. The van der Waals surface area contributed by atoms with Gasteiger partial charge in [0.2, 0.25) is 0 Å². The maximum absolute atomic E-state index is 13.5. The van der Waals surface area contributed by atoms with E-state index >= 15 is 0 Å². The van der Waals surface area contributed by atoms with Gasteiger partial charge in [-0.3, -0.25) is 0 Å². The summed E-state index contributed by atoms with van der Waals surface area (Å²) in [6, 6.07) is 4.89. The number of hydrogen-bond donors (Lipinski definition) is 1. The number of benzene rings is 1. The summed E-state index contributed by atoms with van der Waals surface area (Å²) in [4.78, 5) is 2.16. The Balaban J connectivity index is 3.21. The lowest BCUT2D eigenvalue weighted by Crippen LogP contribution is -2.51. The molecule has 0 bridgehead atoms. The van der Waals surface area contributed by atoms with Gasteiger partial charge >= 0.3 is 0 Å². The molecule has 0 amide bonds. The highest BCUT2D eigenvalue weighted by atomic mass is 19.1. The molecule has 1 rings (SSSR count). The van der Waals surface area contributed by atoms with E-state index in [1.165, 1.54) is 6.07 Å². The van der Waals surface area contributed by atoms with Crippen LogP contribution in [0.4, 0.5) is 4.39 Å². The lowest BCUT2D eigenvalue weighted by Gasteiger charge is -2.43. The lowest BCUT2D eigenvalue weighted by molar-refractivity contribution is 0.106. The highest BCUT2D eigenvalue weighted by Crippen LogP contribution is 2.34. The van der Waals surface area contributed by atoms with E-state index in [9.17, 15) is 4.39 Å². The van der Waals surface area contributed by atoms with E-state index in [0.717, 1.165) is 24.0 Å². The van der Waals surface area contributed by atoms with Crippen molar-refractivity contribution in [3.05, 3.63) is 35.1 Å². The number of aryl methyl sites for hydroxylation is 1. The minimum atomic E-state index is -0.208. The van der Waals surface area contributed by atoms with Crippen LogP contribution in [0.2, 0.25) is 0 Å². The standard InChI is InChI=1S/C15H25FN2/c1-6-15(7-2,18(4)5)14(17)12-8-11(3)9-13(16)10-12/h8-10,14H,6-7,17H2,1-5H3. The van der Waals surface area contributed by atoms with Gasteiger partial charge in [-0.25, -0.2) is 4.39 Å². The maximum Gasteiger partial charge on any atom is 0.123 e. The molecule has 0 aliphatic heterocycles. The number of hydrogen-bond acceptors (Lipinski definition) is 2. The van der Waals surface area contributed by atoms with Crippen molar-refractivity contribution in [1.29, 1.82) is 0 Å². The van der Waals surface area contributed by atoms with Crippen LogP contribution in [0.1, 0.15) is 43.9 Å². The number of rotatable bonds is 5. The second-order valence-corrected chi connectivity index (χ2v) is 5.24. The summed E-state index contributed by atoms with van der Waals surface area (Å²) in [5.74, 6) is -0.208. The molecule has 0 spiro atoms. The Hall–Kier alpha value is -0.930. The molecule has 0 aliphatic carbocycles. The van der Waals surface area contributed by atoms with Gasteiger partial charge in [-0.05, 0) is 57.1 Å². The molecule has 0 heterocycles. The Morgan fingerprint density at radius 2 is 1.78 bits per heavy atom. The fourth-order valence-corrected chi connectivity index (χ4v) is 2.85. The lowest BCUT2D eigenvalue weighted by atomic mass is 9.80. The summed E-state index contributed by atoms with van der Waals surface area (Å²) in [5, 5.41) is 0. The van der Waals surface area contributed by atoms with Crippen LogP contribution in [0, 0.1) is 12.7 Å². The number of nitrogens with two attached hydrogens (primary N) is 1. The molecule has 0 radical (unpaired) electrons. The van der Waals surface area contributed by atoms with Gasteiger partial charge in [0.05, 0.1) is 0 Å². The first kappa shape index (κ1) is 15.1. The Morgan fingerprint density at radius 1 is 1.22 bits per heavy atom. The number of halogens is 1. The van der Waals surface area contributed by atoms with Gasteiger partial charge in [-0.1, -0.05) is 19.9 Å². The van der Waals surface area contributed by atoms with Crippen molar-refractivity contribution in [3.8, 4) is 0 Å². The molecule has 0 aromatic heterocycles. The van der Waals surface area contributed by atoms with Crippen molar-refractivity contribution in [2.24, 2.45) is 5.73 Å². The SMILES string of the molecule is CCC(CC)(C(N)c1cc(C)cc(F)c1)N(C)C. The van der Waals surface area contributed by atoms with Crippen molar-refractivity contribution in [2.75, 3.05) is 14.1 Å². The third-order valence-corrected chi connectivity index (χ3v) is 4.12. The molecular formula is C15H25FN2. The van der Waals surface area contributed by atoms with Crippen LogP contribution >= 0.6 is 0 Å². The Bertz CT molecular complexity index is 377. The second kappa shape index (κ2) is 5.81. The molecule has 0 saturated carbocycles. The molecule has 1 unspecified atom stereocenters. The monoisotopic (exact) mass is 252 g/mol. The van der Waals surface area contributed by atoms with Crippen LogP contribution in [0.25, 0.3) is 0 Å². The minimum absolute atomic E-state index is 0.125. The molecule has 3 heteroatoms. The van der Waals surface area contributed by atoms with Gasteiger partial charge in [0.15, 0.2) is 0 Å². The van der Waals surface area contributed by atoms with E-state index in [4.69, 9.17) is 5.73 Å². The average Bonchev–Trinajstić information content (AvgIpc) is 2.29. The second-order valence-electron chi connectivity index (χ2n) is 5.24. The normalized spacial score (nSPS) is 14.0. The van der Waals surface area contributed by atoms with Crippen LogP contribution in [-0.2, 0) is 0 Å². The summed E-state index contributed by atoms with van der Waals surface area (Å²) in [6.45, 7) is 6.17. The van der Waals surface area contributed by atoms with E-state index in [0.29, 0.717) is 0 Å². The largest absolute Gasteiger partial charge is 0.322 e. The van der Waals surface area contributed by atoms with Crippen molar-refractivity contribution in [2.45, 2.75) is 45.2 Å². The Kier molecular flexibility index (Phi) is 4.88. The van der Waals surface area contributed by atoms with Crippen LogP contribution < -0.4 is 5.73 Å². The van der Waals surface area contributed by atoms with Gasteiger partial charge in [0, 0.05) is 11.6 Å². The molecule has 1 aromatic carbocycles. The molecule has 0 fully saturated rings. The van der Waals surface area contributed by atoms with Gasteiger partial charge in [-0.15, -0.1) is 0 Å². The summed E-state index contributed by atoms with van der Waals surface area (Å²) in [7, 11) is 4.08. The Morgan fingerprint density at radius 3 is 2.17 bits per heavy atom. The van der Waals surface area contributed by atoms with Crippen molar-refractivity contribution in [3.63, 3.8) is 0 Å². The summed E-state index contributed by atoms with van der Waals surface area (Å²) in [6.07, 6.45) is 1.88. The molecule has 1 atom stereocenters. The predicted octanol–water partition coefficient (Wildman–Crippen LogP) is 3.25. The minimum Gasteiger partial charge on any atom is -0.322 e. The van der Waals surface area contributed by atoms with E-state index in [1.807, 2.05) is 27.1 Å². The third kappa shape index (κ3) is 2.73. The third-order valence-electron chi connectivity index (χ3n) is 4.12. The Labute approximate surface area is 110 Å². The number of likely N-dealkylation sites (N-methyl/N-ethyl adjacent to an activating group) is 1. The first-order chi connectivity index (χ1) is 8.37. The van der Waals surface area contributed by atoms with Gasteiger partial charge in [0.1, 0.15) is 5.82 Å². The quantitative estimate of drug-likeness (QED) is 0.871. The molecule has 102 valence electrons. The fraction of sp³-hybridized carbons (Fsp3) is 0.600. The highest BCUT2D eigenvalue weighted by Gasteiger charge is 2.36. The average molecular weight is 252 g/mol. The molecule has 2 nitrogen and oxygen atoms in total. The topological polar surface area (TPSA) is 29.3 Å². The fourth-order valence-electron chi connectivity index (χ4n) is 2.85. The molecule has 0 saturated heterocycles. The van der Waals surface area contributed by atoms with E-state index in [2.05, 4.69) is 18.7 Å². The summed E-state index contributed by atoms with van der Waals surface area (Å²) >= 11 is 0. The zero-order valence-corrected chi connectivity index (χ0v) is 12.1. The first-order valence-electron chi connectivity index (χ1n) is 6.57. The van der Waals surface area contributed by atoms with Gasteiger partial charge < -0.3 is 10.6 Å². The molecule has 1 aromatic rings. The summed E-state index contributed by atoms with van der Waals surface area (Å²) in [5.41, 5.74) is 8.10. The van der Waals surface area contributed by atoms with Crippen molar-refractivity contribution < 1.29 is 4.39 Å². The highest BCUT2D eigenvalue weighted by molar-refractivity contribution is 5.28. The zero-order chi connectivity index (χ0) is 13.9. The van der Waals surface area contributed by atoms with Crippen LogP contribution in [0.3, 0.4) is 0 Å². The molecule has 18 heavy (non-hydrogen) atoms. The van der Waals surface area contributed by atoms with Crippen molar-refractivity contribution >= 4 is 0 Å². The van der Waals surface area contributed by atoms with Gasteiger partial charge in [0.25, 0.3) is 0 Å². The maximum atomic E-state index is 13.5. The molecule has 2 N–H and O–H groups in total. The molecule has 0 aliphatic rings. The van der Waals surface area contributed by atoms with Gasteiger partial charge in [-0.2, -0.15) is 0 Å². The van der Waals surface area contributed by atoms with E-state index in [-0.39, 0.29) is 17.4 Å². The summed E-state index contributed by atoms with van der Waals surface area (Å²) < 4.78 is 13.5. The van der Waals surface area contributed by atoms with Crippen LogP contribution in [0.15, 0.2) is 18.2 Å². The first-order valence-corrected chi connectivity index (χ1v) is 6.57. The smallest absolute Gasteiger partial charge is 0.123 e. The zero-order valence-electron chi connectivity index (χ0n) is 12.1. The predicted molar refractivity (Wildman–Crippen MR) is 75.1 cm³/mol. The van der Waals surface area contributed by atoms with Crippen molar-refractivity contribution in [1.82, 2.24) is 4.90 Å².